The van der Waals surface area contributed by atoms with Gasteiger partial charge in [0.1, 0.15) is 0 Å². The molecule has 2 aromatic carbocycles. The number of hydrogen-bond donors (Lipinski definition) is 2. The topological polar surface area (TPSA) is 24.1 Å². The zero-order chi connectivity index (χ0) is 17.0. The lowest BCUT2D eigenvalue weighted by Gasteiger charge is -2.30. The second-order valence-corrected chi connectivity index (χ2v) is 6.69. The summed E-state index contributed by atoms with van der Waals surface area (Å²) < 4.78 is 0. The second-order valence-electron chi connectivity index (χ2n) is 6.69. The van der Waals surface area contributed by atoms with Crippen molar-refractivity contribution in [1.82, 2.24) is 0 Å². The Balaban J connectivity index is 2.31. The third-order valence-electron chi connectivity index (χ3n) is 4.77. The van der Waals surface area contributed by atoms with Crippen LogP contribution in [-0.4, -0.2) is 6.17 Å². The summed E-state index contributed by atoms with van der Waals surface area (Å²) in [5.74, 6) is 0.521. The first-order chi connectivity index (χ1) is 10.9. The van der Waals surface area contributed by atoms with Crippen LogP contribution in [0.25, 0.3) is 0 Å². The standard InChI is InChI=1S/C21H30N2/c1-7-14(2)21(22-19-15(3)10-8-11-16(19)4)23-20-17(5)12-9-13-18(20)6/h8-14,21-23H,7H2,1-6H3. The van der Waals surface area contributed by atoms with Gasteiger partial charge in [0, 0.05) is 11.4 Å². The zero-order valence-corrected chi connectivity index (χ0v) is 15.3. The molecule has 0 aromatic heterocycles. The van der Waals surface area contributed by atoms with Crippen molar-refractivity contribution < 1.29 is 0 Å². The maximum atomic E-state index is 3.76. The van der Waals surface area contributed by atoms with E-state index in [-0.39, 0.29) is 6.17 Å². The van der Waals surface area contributed by atoms with Gasteiger partial charge in [0.15, 0.2) is 0 Å². The lowest BCUT2D eigenvalue weighted by Crippen LogP contribution is -2.36. The summed E-state index contributed by atoms with van der Waals surface area (Å²) in [4.78, 5) is 0. The third-order valence-corrected chi connectivity index (χ3v) is 4.77. The highest BCUT2D eigenvalue weighted by Gasteiger charge is 2.18. The van der Waals surface area contributed by atoms with E-state index in [9.17, 15) is 0 Å². The molecule has 0 heterocycles. The fourth-order valence-corrected chi connectivity index (χ4v) is 2.95. The molecule has 0 aliphatic rings. The molecule has 2 heteroatoms. The van der Waals surface area contributed by atoms with Crippen molar-refractivity contribution in [2.75, 3.05) is 10.6 Å². The predicted molar refractivity (Wildman–Crippen MR) is 102 cm³/mol. The highest BCUT2D eigenvalue weighted by atomic mass is 15.1. The summed E-state index contributed by atoms with van der Waals surface area (Å²) in [7, 11) is 0. The molecule has 2 N–H and O–H groups in total. The minimum atomic E-state index is 0.208. The van der Waals surface area contributed by atoms with Gasteiger partial charge in [0.2, 0.25) is 0 Å². The number of para-hydroxylation sites is 2. The maximum Gasteiger partial charge on any atom is 0.0990 e. The van der Waals surface area contributed by atoms with Crippen molar-refractivity contribution >= 4 is 11.4 Å². The van der Waals surface area contributed by atoms with Crippen molar-refractivity contribution in [3.05, 3.63) is 58.7 Å². The Morgan fingerprint density at radius 3 is 1.39 bits per heavy atom. The number of rotatable bonds is 6. The quantitative estimate of drug-likeness (QED) is 0.657. The van der Waals surface area contributed by atoms with Gasteiger partial charge in [0.25, 0.3) is 0 Å². The molecule has 0 aliphatic carbocycles. The largest absolute Gasteiger partial charge is 0.365 e. The van der Waals surface area contributed by atoms with E-state index in [0.29, 0.717) is 5.92 Å². The summed E-state index contributed by atoms with van der Waals surface area (Å²) in [6.45, 7) is 13.2. The van der Waals surface area contributed by atoms with Gasteiger partial charge in [-0.1, -0.05) is 50.2 Å². The molecule has 23 heavy (non-hydrogen) atoms. The van der Waals surface area contributed by atoms with E-state index in [1.807, 2.05) is 0 Å². The molecule has 1 atom stereocenters. The smallest absolute Gasteiger partial charge is 0.0990 e. The van der Waals surface area contributed by atoms with E-state index in [2.05, 4.69) is 88.6 Å². The summed E-state index contributed by atoms with van der Waals surface area (Å²) in [6, 6.07) is 12.9. The van der Waals surface area contributed by atoms with Gasteiger partial charge < -0.3 is 10.6 Å². The SMILES string of the molecule is CCC(C)C(Nc1c(C)cccc1C)Nc1c(C)cccc1C. The Labute approximate surface area is 141 Å². The fourth-order valence-electron chi connectivity index (χ4n) is 2.95. The Morgan fingerprint density at radius 2 is 1.09 bits per heavy atom. The molecular weight excluding hydrogens is 280 g/mol. The molecule has 0 spiro atoms. The molecule has 124 valence electrons. The maximum absolute atomic E-state index is 3.76. The lowest BCUT2D eigenvalue weighted by atomic mass is 10.0. The molecule has 0 saturated carbocycles. The number of anilines is 2. The van der Waals surface area contributed by atoms with Gasteiger partial charge in [0.05, 0.1) is 6.17 Å². The van der Waals surface area contributed by atoms with Crippen molar-refractivity contribution in [2.24, 2.45) is 5.92 Å². The molecule has 0 fully saturated rings. The van der Waals surface area contributed by atoms with E-state index < -0.39 is 0 Å². The normalized spacial score (nSPS) is 12.3. The number of hydrogen-bond acceptors (Lipinski definition) is 2. The van der Waals surface area contributed by atoms with Crippen LogP contribution in [0.3, 0.4) is 0 Å². The van der Waals surface area contributed by atoms with Gasteiger partial charge in [-0.3, -0.25) is 0 Å². The lowest BCUT2D eigenvalue weighted by molar-refractivity contribution is 0.502. The molecule has 2 rings (SSSR count). The van der Waals surface area contributed by atoms with Crippen molar-refractivity contribution in [2.45, 2.75) is 54.1 Å². The van der Waals surface area contributed by atoms with Crippen LogP contribution in [0.1, 0.15) is 42.5 Å². The van der Waals surface area contributed by atoms with Crippen molar-refractivity contribution in [3.8, 4) is 0 Å². The molecular formula is C21H30N2. The Bertz CT molecular complexity index is 567. The highest BCUT2D eigenvalue weighted by molar-refractivity contribution is 5.61. The number of benzene rings is 2. The summed E-state index contributed by atoms with van der Waals surface area (Å²) in [5, 5.41) is 7.52. The van der Waals surface area contributed by atoms with E-state index in [1.165, 1.54) is 33.6 Å². The zero-order valence-electron chi connectivity index (χ0n) is 15.3. The Hall–Kier alpha value is -1.96. The Morgan fingerprint density at radius 1 is 0.739 bits per heavy atom. The minimum Gasteiger partial charge on any atom is -0.365 e. The van der Waals surface area contributed by atoms with Crippen LogP contribution in [0.15, 0.2) is 36.4 Å². The second kappa shape index (κ2) is 7.54. The first-order valence-corrected chi connectivity index (χ1v) is 8.59. The van der Waals surface area contributed by atoms with Crippen LogP contribution in [0.2, 0.25) is 0 Å². The van der Waals surface area contributed by atoms with Crippen LogP contribution in [0.5, 0.6) is 0 Å². The molecule has 0 radical (unpaired) electrons. The van der Waals surface area contributed by atoms with Crippen molar-refractivity contribution in [1.29, 1.82) is 0 Å². The Kier molecular flexibility index (Phi) is 5.70. The first kappa shape index (κ1) is 17.4. The average molecular weight is 310 g/mol. The van der Waals surface area contributed by atoms with Crippen LogP contribution in [0.4, 0.5) is 11.4 Å². The van der Waals surface area contributed by atoms with E-state index in [0.717, 1.165) is 6.42 Å². The predicted octanol–water partition coefficient (Wildman–Crippen LogP) is 5.82. The molecule has 2 aromatic rings. The average Bonchev–Trinajstić information content (AvgIpc) is 2.52. The highest BCUT2D eigenvalue weighted by Crippen LogP contribution is 2.26. The van der Waals surface area contributed by atoms with E-state index >= 15 is 0 Å². The van der Waals surface area contributed by atoms with Gasteiger partial charge in [-0.15, -0.1) is 0 Å². The van der Waals surface area contributed by atoms with Crippen LogP contribution >= 0.6 is 0 Å². The van der Waals surface area contributed by atoms with Gasteiger partial charge in [-0.25, -0.2) is 0 Å². The van der Waals surface area contributed by atoms with Gasteiger partial charge in [-0.2, -0.15) is 0 Å². The van der Waals surface area contributed by atoms with Crippen molar-refractivity contribution in [3.63, 3.8) is 0 Å². The summed E-state index contributed by atoms with van der Waals surface area (Å²) >= 11 is 0. The summed E-state index contributed by atoms with van der Waals surface area (Å²) in [6.07, 6.45) is 1.33. The third kappa shape index (κ3) is 4.07. The molecule has 0 aliphatic heterocycles. The molecule has 1 unspecified atom stereocenters. The van der Waals surface area contributed by atoms with Gasteiger partial charge in [-0.05, 0) is 62.3 Å². The number of nitrogens with one attached hydrogen (secondary N) is 2. The molecule has 2 nitrogen and oxygen atoms in total. The monoisotopic (exact) mass is 310 g/mol. The fraction of sp³-hybridized carbons (Fsp3) is 0.429. The van der Waals surface area contributed by atoms with Crippen LogP contribution in [-0.2, 0) is 0 Å². The van der Waals surface area contributed by atoms with E-state index in [4.69, 9.17) is 0 Å². The van der Waals surface area contributed by atoms with Crippen LogP contribution in [0, 0.1) is 33.6 Å². The molecule has 0 bridgehead atoms. The minimum absolute atomic E-state index is 0.208. The summed E-state index contributed by atoms with van der Waals surface area (Å²) in [5.41, 5.74) is 7.67. The van der Waals surface area contributed by atoms with Crippen LogP contribution < -0.4 is 10.6 Å². The number of aryl methyl sites for hydroxylation is 4. The van der Waals surface area contributed by atoms with E-state index in [1.54, 1.807) is 0 Å². The molecule has 0 amide bonds. The van der Waals surface area contributed by atoms with Gasteiger partial charge >= 0.3 is 0 Å². The first-order valence-electron chi connectivity index (χ1n) is 8.59. The molecule has 0 saturated heterocycles.